The smallest absolute Gasteiger partial charge is 0.226 e. The molecule has 2 rings (SSSR count). The van der Waals surface area contributed by atoms with Crippen molar-refractivity contribution in [3.05, 3.63) is 0 Å². The third-order valence-electron chi connectivity index (χ3n) is 3.10. The first-order valence-corrected chi connectivity index (χ1v) is 5.52. The summed E-state index contributed by atoms with van der Waals surface area (Å²) >= 11 is 0. The number of nitrogens with zero attached hydrogens (tertiary/aromatic N) is 1. The van der Waals surface area contributed by atoms with Crippen LogP contribution in [0.2, 0.25) is 0 Å². The molecule has 3 unspecified atom stereocenters. The molecule has 1 amide bonds. The maximum atomic E-state index is 11.8. The van der Waals surface area contributed by atoms with E-state index < -0.39 is 0 Å². The molecule has 1 aliphatic carbocycles. The topological polar surface area (TPSA) is 62.1 Å². The summed E-state index contributed by atoms with van der Waals surface area (Å²) in [7, 11) is 0. The third kappa shape index (κ3) is 2.48. The van der Waals surface area contributed by atoms with Crippen molar-refractivity contribution in [3.8, 4) is 6.07 Å². The Morgan fingerprint density at radius 2 is 2.33 bits per heavy atom. The van der Waals surface area contributed by atoms with Gasteiger partial charge in [0.25, 0.3) is 0 Å². The second kappa shape index (κ2) is 4.19. The van der Waals surface area contributed by atoms with Crippen LogP contribution in [0.5, 0.6) is 0 Å². The molecule has 0 radical (unpaired) electrons. The monoisotopic (exact) mass is 208 g/mol. The highest BCUT2D eigenvalue weighted by Gasteiger charge is 2.35. The van der Waals surface area contributed by atoms with Crippen molar-refractivity contribution in [2.24, 2.45) is 11.8 Å². The molecule has 15 heavy (non-hydrogen) atoms. The first kappa shape index (κ1) is 10.4. The Kier molecular flexibility index (Phi) is 2.92. The molecule has 1 N–H and O–H groups in total. The second-order valence-electron chi connectivity index (χ2n) is 4.53. The van der Waals surface area contributed by atoms with Crippen molar-refractivity contribution < 1.29 is 9.53 Å². The number of ether oxygens (including phenoxy) is 1. The van der Waals surface area contributed by atoms with Crippen molar-refractivity contribution in [2.45, 2.75) is 38.3 Å². The zero-order chi connectivity index (χ0) is 10.8. The molecule has 1 aliphatic heterocycles. The number of amides is 1. The summed E-state index contributed by atoms with van der Waals surface area (Å²) in [4.78, 5) is 11.8. The minimum absolute atomic E-state index is 0.0159. The lowest BCUT2D eigenvalue weighted by atomic mass is 10.0. The van der Waals surface area contributed by atoms with E-state index >= 15 is 0 Å². The molecule has 1 heterocycles. The molecule has 4 nitrogen and oxygen atoms in total. The largest absolute Gasteiger partial charge is 0.378 e. The van der Waals surface area contributed by atoms with Crippen LogP contribution in [-0.4, -0.2) is 24.7 Å². The Morgan fingerprint density at radius 1 is 1.60 bits per heavy atom. The van der Waals surface area contributed by atoms with Crippen molar-refractivity contribution in [1.82, 2.24) is 5.32 Å². The predicted octanol–water partition coefficient (Wildman–Crippen LogP) is 0.830. The molecular formula is C11H16N2O2. The van der Waals surface area contributed by atoms with E-state index in [0.717, 1.165) is 19.3 Å². The molecule has 0 spiro atoms. The van der Waals surface area contributed by atoms with Crippen LogP contribution >= 0.6 is 0 Å². The average Bonchev–Trinajstić information content (AvgIpc) is 2.97. The lowest BCUT2D eigenvalue weighted by Gasteiger charge is -2.13. The Balaban J connectivity index is 1.83. The molecular weight excluding hydrogens is 192 g/mol. The van der Waals surface area contributed by atoms with Gasteiger partial charge < -0.3 is 10.1 Å². The molecule has 82 valence electrons. The summed E-state index contributed by atoms with van der Waals surface area (Å²) in [6.07, 6.45) is 3.07. The molecule has 4 heteroatoms. The average molecular weight is 208 g/mol. The van der Waals surface area contributed by atoms with Gasteiger partial charge in [-0.2, -0.15) is 5.26 Å². The standard InChI is InChI=1S/C11H16N2O2/c1-7-4-9(6-15-7)11(14)13-10(5-12)8-2-3-8/h7-10H,2-4,6H2,1H3,(H,13,14). The molecule has 0 bridgehead atoms. The zero-order valence-electron chi connectivity index (χ0n) is 8.90. The Bertz CT molecular complexity index is 293. The van der Waals surface area contributed by atoms with Gasteiger partial charge in [0.15, 0.2) is 0 Å². The molecule has 0 aromatic carbocycles. The van der Waals surface area contributed by atoms with Gasteiger partial charge in [-0.3, -0.25) is 4.79 Å². The van der Waals surface area contributed by atoms with E-state index in [1.54, 1.807) is 0 Å². The number of carbonyl (C=O) groups is 1. The van der Waals surface area contributed by atoms with Gasteiger partial charge in [-0.05, 0) is 32.1 Å². The Hall–Kier alpha value is -1.08. The van der Waals surface area contributed by atoms with Crippen molar-refractivity contribution in [1.29, 1.82) is 5.26 Å². The fourth-order valence-corrected chi connectivity index (χ4v) is 1.96. The highest BCUT2D eigenvalue weighted by Crippen LogP contribution is 2.32. The summed E-state index contributed by atoms with van der Waals surface area (Å²) in [6.45, 7) is 2.46. The molecule has 1 saturated heterocycles. The van der Waals surface area contributed by atoms with Gasteiger partial charge in [0.05, 0.1) is 24.7 Å². The van der Waals surface area contributed by atoms with Gasteiger partial charge in [0, 0.05) is 0 Å². The fourth-order valence-electron chi connectivity index (χ4n) is 1.96. The fraction of sp³-hybridized carbons (Fsp3) is 0.818. The van der Waals surface area contributed by atoms with Crippen LogP contribution in [0.15, 0.2) is 0 Å². The number of carbonyl (C=O) groups excluding carboxylic acids is 1. The first-order chi connectivity index (χ1) is 7.20. The van der Waals surface area contributed by atoms with E-state index in [-0.39, 0.29) is 24.0 Å². The first-order valence-electron chi connectivity index (χ1n) is 5.52. The number of nitrogens with one attached hydrogen (secondary N) is 1. The van der Waals surface area contributed by atoms with Crippen LogP contribution in [0.3, 0.4) is 0 Å². The van der Waals surface area contributed by atoms with Gasteiger partial charge in [-0.1, -0.05) is 0 Å². The number of hydrogen-bond donors (Lipinski definition) is 1. The van der Waals surface area contributed by atoms with E-state index in [2.05, 4.69) is 11.4 Å². The Morgan fingerprint density at radius 3 is 2.80 bits per heavy atom. The van der Waals surface area contributed by atoms with Crippen LogP contribution < -0.4 is 5.32 Å². The number of hydrogen-bond acceptors (Lipinski definition) is 3. The van der Waals surface area contributed by atoms with Crippen molar-refractivity contribution in [2.75, 3.05) is 6.61 Å². The maximum Gasteiger partial charge on any atom is 0.226 e. The third-order valence-corrected chi connectivity index (χ3v) is 3.10. The van der Waals surface area contributed by atoms with Crippen LogP contribution in [0.25, 0.3) is 0 Å². The highest BCUT2D eigenvalue weighted by molar-refractivity contribution is 5.79. The summed E-state index contributed by atoms with van der Waals surface area (Å²) in [6, 6.07) is 1.87. The zero-order valence-corrected chi connectivity index (χ0v) is 8.90. The van der Waals surface area contributed by atoms with Gasteiger partial charge in [-0.15, -0.1) is 0 Å². The normalized spacial score (nSPS) is 32.0. The highest BCUT2D eigenvalue weighted by atomic mass is 16.5. The van der Waals surface area contributed by atoms with Gasteiger partial charge in [-0.25, -0.2) is 0 Å². The number of rotatable bonds is 3. The number of nitriles is 1. The van der Waals surface area contributed by atoms with E-state index in [0.29, 0.717) is 12.5 Å². The molecule has 2 fully saturated rings. The summed E-state index contributed by atoms with van der Waals surface area (Å²) < 4.78 is 5.33. The molecule has 1 saturated carbocycles. The molecule has 0 aromatic heterocycles. The van der Waals surface area contributed by atoms with Crippen LogP contribution in [0.1, 0.15) is 26.2 Å². The van der Waals surface area contributed by atoms with Gasteiger partial charge in [0.1, 0.15) is 6.04 Å². The van der Waals surface area contributed by atoms with E-state index in [4.69, 9.17) is 10.00 Å². The van der Waals surface area contributed by atoms with Crippen molar-refractivity contribution in [3.63, 3.8) is 0 Å². The molecule has 2 aliphatic rings. The van der Waals surface area contributed by atoms with E-state index in [1.807, 2.05) is 6.92 Å². The van der Waals surface area contributed by atoms with Crippen LogP contribution in [-0.2, 0) is 9.53 Å². The summed E-state index contributed by atoms with van der Waals surface area (Å²) in [5.41, 5.74) is 0. The van der Waals surface area contributed by atoms with Crippen LogP contribution in [0, 0.1) is 23.2 Å². The molecule has 0 aromatic rings. The van der Waals surface area contributed by atoms with Crippen LogP contribution in [0.4, 0.5) is 0 Å². The van der Waals surface area contributed by atoms with Crippen molar-refractivity contribution >= 4 is 5.91 Å². The maximum absolute atomic E-state index is 11.8. The minimum Gasteiger partial charge on any atom is -0.378 e. The van der Waals surface area contributed by atoms with E-state index in [9.17, 15) is 4.79 Å². The lowest BCUT2D eigenvalue weighted by molar-refractivity contribution is -0.125. The SMILES string of the molecule is CC1CC(C(=O)NC(C#N)C2CC2)CO1. The summed E-state index contributed by atoms with van der Waals surface area (Å²) in [5, 5.41) is 11.7. The van der Waals surface area contributed by atoms with Gasteiger partial charge >= 0.3 is 0 Å². The molecule has 3 atom stereocenters. The quantitative estimate of drug-likeness (QED) is 0.747. The lowest BCUT2D eigenvalue weighted by Crippen LogP contribution is -2.39. The minimum atomic E-state index is -0.284. The van der Waals surface area contributed by atoms with Gasteiger partial charge in [0.2, 0.25) is 5.91 Å². The van der Waals surface area contributed by atoms with E-state index in [1.165, 1.54) is 0 Å². The predicted molar refractivity (Wildman–Crippen MR) is 53.8 cm³/mol. The second-order valence-corrected chi connectivity index (χ2v) is 4.53. The Labute approximate surface area is 89.6 Å². The summed E-state index contributed by atoms with van der Waals surface area (Å²) in [5.74, 6) is 0.311.